The lowest BCUT2D eigenvalue weighted by atomic mass is 10.4. The fraction of sp³-hybridized carbons (Fsp3) is 0. The first-order valence-corrected chi connectivity index (χ1v) is 7.32. The van der Waals surface area contributed by atoms with Crippen LogP contribution in [-0.4, -0.2) is 21.1 Å². The van der Waals surface area contributed by atoms with Crippen LogP contribution in [-0.2, 0) is 0 Å². The molecule has 0 aromatic carbocycles. The molecule has 0 aliphatic carbocycles. The molecule has 0 unspecified atom stereocenters. The molecule has 0 fully saturated rings. The zero-order valence-electron chi connectivity index (χ0n) is 10.0. The maximum atomic E-state index is 11.8. The van der Waals surface area contributed by atoms with E-state index in [1.165, 1.54) is 22.7 Å². The molecule has 0 atom stereocenters. The lowest BCUT2D eigenvalue weighted by Crippen LogP contribution is -2.11. The Morgan fingerprint density at radius 2 is 2.30 bits per heavy atom. The summed E-state index contributed by atoms with van der Waals surface area (Å²) in [4.78, 5) is 15.7. The number of thiazole rings is 1. The maximum absolute atomic E-state index is 11.8. The summed E-state index contributed by atoms with van der Waals surface area (Å²) < 4.78 is 5.17. The van der Waals surface area contributed by atoms with Crippen molar-refractivity contribution in [1.82, 2.24) is 15.2 Å². The predicted octanol–water partition coefficient (Wildman–Crippen LogP) is 3.01. The predicted molar refractivity (Wildman–Crippen MR) is 77.6 cm³/mol. The summed E-state index contributed by atoms with van der Waals surface area (Å²) >= 11 is 2.64. The van der Waals surface area contributed by atoms with E-state index in [1.54, 1.807) is 35.4 Å². The molecule has 1 N–H and O–H groups in total. The minimum Gasteiger partial charge on any atom is -0.465 e. The number of carbonyl (C=O) groups is 1. The smallest absolute Gasteiger partial charge is 0.276 e. The van der Waals surface area contributed by atoms with Crippen LogP contribution in [0.3, 0.4) is 0 Å². The van der Waals surface area contributed by atoms with Crippen molar-refractivity contribution in [2.24, 2.45) is 0 Å². The van der Waals surface area contributed by atoms with Crippen molar-refractivity contribution in [3.05, 3.63) is 45.7 Å². The Morgan fingerprint density at radius 1 is 1.35 bits per heavy atom. The van der Waals surface area contributed by atoms with Crippen molar-refractivity contribution in [1.29, 1.82) is 0 Å². The minimum atomic E-state index is -0.288. The van der Waals surface area contributed by atoms with Crippen molar-refractivity contribution in [3.8, 4) is 0 Å². The maximum Gasteiger partial charge on any atom is 0.276 e. The van der Waals surface area contributed by atoms with Crippen molar-refractivity contribution < 1.29 is 9.21 Å². The second-order valence-electron chi connectivity index (χ2n) is 3.62. The number of hydrogen-bond acceptors (Lipinski definition) is 7. The number of hydrogen-bond donors (Lipinski definition) is 1. The van der Waals surface area contributed by atoms with E-state index in [0.29, 0.717) is 15.8 Å². The number of carbonyl (C=O) groups excluding carboxylic acids is 1. The number of amides is 1. The number of aromatic nitrogens is 3. The standard InChI is InChI=1S/C12H8N4O2S2/c17-11(9-6-19-7-13-9)14-12-16-15-10(20-12)4-3-8-2-1-5-18-8/h1-7H,(H,14,16,17). The average molecular weight is 304 g/mol. The van der Waals surface area contributed by atoms with Crippen LogP contribution in [0.4, 0.5) is 5.13 Å². The zero-order valence-corrected chi connectivity index (χ0v) is 11.6. The summed E-state index contributed by atoms with van der Waals surface area (Å²) in [6.45, 7) is 0. The number of nitrogens with zero attached hydrogens (tertiary/aromatic N) is 3. The summed E-state index contributed by atoms with van der Waals surface area (Å²) in [6, 6.07) is 3.64. The van der Waals surface area contributed by atoms with Gasteiger partial charge in [-0.1, -0.05) is 11.3 Å². The topological polar surface area (TPSA) is 80.9 Å². The molecule has 3 aromatic heterocycles. The van der Waals surface area contributed by atoms with Crippen LogP contribution in [0.25, 0.3) is 12.2 Å². The summed E-state index contributed by atoms with van der Waals surface area (Å²) in [7, 11) is 0. The van der Waals surface area contributed by atoms with Crippen LogP contribution in [0, 0.1) is 0 Å². The molecule has 6 nitrogen and oxygen atoms in total. The van der Waals surface area contributed by atoms with E-state index in [1.807, 2.05) is 6.07 Å². The Labute approximate surface area is 121 Å². The molecule has 0 spiro atoms. The summed E-state index contributed by atoms with van der Waals surface area (Å²) in [5.74, 6) is 0.442. The van der Waals surface area contributed by atoms with Crippen molar-refractivity contribution in [2.75, 3.05) is 5.32 Å². The molecule has 0 radical (unpaired) electrons. The second-order valence-corrected chi connectivity index (χ2v) is 5.35. The van der Waals surface area contributed by atoms with Crippen molar-refractivity contribution >= 4 is 45.9 Å². The van der Waals surface area contributed by atoms with Gasteiger partial charge < -0.3 is 4.42 Å². The van der Waals surface area contributed by atoms with Crippen molar-refractivity contribution in [3.63, 3.8) is 0 Å². The molecule has 0 aliphatic heterocycles. The van der Waals surface area contributed by atoms with Crippen LogP contribution in [0.1, 0.15) is 21.3 Å². The van der Waals surface area contributed by atoms with Gasteiger partial charge >= 0.3 is 0 Å². The Hall–Kier alpha value is -2.32. The molecule has 20 heavy (non-hydrogen) atoms. The van der Waals surface area contributed by atoms with Gasteiger partial charge in [0, 0.05) is 5.38 Å². The lowest BCUT2D eigenvalue weighted by Gasteiger charge is -1.95. The summed E-state index contributed by atoms with van der Waals surface area (Å²) in [5.41, 5.74) is 1.98. The van der Waals surface area contributed by atoms with Gasteiger partial charge in [0.25, 0.3) is 5.91 Å². The highest BCUT2D eigenvalue weighted by atomic mass is 32.1. The first-order chi connectivity index (χ1) is 9.81. The largest absolute Gasteiger partial charge is 0.465 e. The van der Waals surface area contributed by atoms with E-state index in [4.69, 9.17) is 4.42 Å². The van der Waals surface area contributed by atoms with Gasteiger partial charge in [0.1, 0.15) is 16.5 Å². The Balaban J connectivity index is 1.66. The Kier molecular flexibility index (Phi) is 3.66. The van der Waals surface area contributed by atoms with Gasteiger partial charge in [0.05, 0.1) is 11.8 Å². The van der Waals surface area contributed by atoms with Crippen LogP contribution in [0.2, 0.25) is 0 Å². The van der Waals surface area contributed by atoms with E-state index in [9.17, 15) is 4.79 Å². The molecule has 0 saturated heterocycles. The molecular formula is C12H8N4O2S2. The molecule has 8 heteroatoms. The van der Waals surface area contributed by atoms with Gasteiger partial charge in [-0.2, -0.15) is 0 Å². The van der Waals surface area contributed by atoms with E-state index in [0.717, 1.165) is 5.76 Å². The fourth-order valence-electron chi connectivity index (χ4n) is 1.38. The fourth-order valence-corrected chi connectivity index (χ4v) is 2.55. The van der Waals surface area contributed by atoms with Gasteiger partial charge in [-0.25, -0.2) is 4.98 Å². The SMILES string of the molecule is O=C(Nc1nnc(C=Cc2ccco2)s1)c1cscn1. The minimum absolute atomic E-state index is 0.288. The normalized spacial score (nSPS) is 11.0. The van der Waals surface area contributed by atoms with Crippen LogP contribution >= 0.6 is 22.7 Å². The number of rotatable bonds is 4. The molecule has 1 amide bonds. The van der Waals surface area contributed by atoms with Gasteiger partial charge in [-0.15, -0.1) is 21.5 Å². The quantitative estimate of drug-likeness (QED) is 0.801. The van der Waals surface area contributed by atoms with Gasteiger partial charge in [-0.3, -0.25) is 10.1 Å². The van der Waals surface area contributed by atoms with E-state index in [-0.39, 0.29) is 5.91 Å². The van der Waals surface area contributed by atoms with Crippen LogP contribution in [0.5, 0.6) is 0 Å². The molecule has 3 aromatic rings. The molecule has 3 rings (SSSR count). The van der Waals surface area contributed by atoms with Gasteiger partial charge in [0.15, 0.2) is 0 Å². The first kappa shape index (κ1) is 12.7. The third-order valence-corrected chi connectivity index (χ3v) is 3.65. The van der Waals surface area contributed by atoms with Crippen LogP contribution in [0.15, 0.2) is 33.7 Å². The third-order valence-electron chi connectivity index (χ3n) is 2.26. The monoisotopic (exact) mass is 304 g/mol. The number of furan rings is 1. The van der Waals surface area contributed by atoms with Crippen LogP contribution < -0.4 is 5.32 Å². The molecule has 0 aliphatic rings. The highest BCUT2D eigenvalue weighted by molar-refractivity contribution is 7.16. The highest BCUT2D eigenvalue weighted by Crippen LogP contribution is 2.18. The average Bonchev–Trinajstić information content (AvgIpc) is 3.19. The number of anilines is 1. The third kappa shape index (κ3) is 2.98. The molecular weight excluding hydrogens is 296 g/mol. The zero-order chi connectivity index (χ0) is 13.8. The number of nitrogens with one attached hydrogen (secondary N) is 1. The molecule has 100 valence electrons. The summed E-state index contributed by atoms with van der Waals surface area (Å²) in [5, 5.41) is 13.3. The Morgan fingerprint density at radius 3 is 3.05 bits per heavy atom. The molecule has 0 saturated carbocycles. The first-order valence-electron chi connectivity index (χ1n) is 5.56. The molecule has 3 heterocycles. The van der Waals surface area contributed by atoms with Crippen molar-refractivity contribution in [2.45, 2.75) is 0 Å². The Bertz CT molecular complexity index is 717. The highest BCUT2D eigenvalue weighted by Gasteiger charge is 2.10. The van der Waals surface area contributed by atoms with E-state index >= 15 is 0 Å². The molecule has 0 bridgehead atoms. The lowest BCUT2D eigenvalue weighted by molar-refractivity contribution is 0.102. The second kappa shape index (κ2) is 5.76. The van der Waals surface area contributed by atoms with E-state index < -0.39 is 0 Å². The summed E-state index contributed by atoms with van der Waals surface area (Å²) in [6.07, 6.45) is 5.15. The van der Waals surface area contributed by atoms with Gasteiger partial charge in [0.2, 0.25) is 5.13 Å². The van der Waals surface area contributed by atoms with E-state index in [2.05, 4.69) is 20.5 Å². The van der Waals surface area contributed by atoms with Gasteiger partial charge in [-0.05, 0) is 24.3 Å².